The first-order valence-corrected chi connectivity index (χ1v) is 10.1. The average molecular weight is 434 g/mol. The van der Waals surface area contributed by atoms with Crippen LogP contribution in [0.1, 0.15) is 32.0 Å². The Hall–Kier alpha value is -3.57. The molecular formula is C25H20ClNO4. The minimum absolute atomic E-state index is 0.206. The van der Waals surface area contributed by atoms with Crippen molar-refractivity contribution in [1.29, 1.82) is 0 Å². The zero-order valence-electron chi connectivity index (χ0n) is 16.9. The standard InChI is InChI=1S/C25H20ClNO4/c1-16-24(18-9-3-6-12-21(18)27-16)22(28)15-31-25(29)19-10-4-7-13-23(19)30-14-17-8-2-5-11-20(17)26/h2-13,27H,14-15H2,1H3. The first-order chi connectivity index (χ1) is 15.0. The summed E-state index contributed by atoms with van der Waals surface area (Å²) in [6.45, 7) is 1.67. The predicted molar refractivity (Wildman–Crippen MR) is 120 cm³/mol. The summed E-state index contributed by atoms with van der Waals surface area (Å²) in [5.41, 5.74) is 3.20. The van der Waals surface area contributed by atoms with Gasteiger partial charge >= 0.3 is 5.97 Å². The van der Waals surface area contributed by atoms with Crippen LogP contribution in [0.4, 0.5) is 0 Å². The third-order valence-electron chi connectivity index (χ3n) is 4.95. The number of nitrogens with one attached hydrogen (secondary N) is 1. The minimum atomic E-state index is -0.624. The summed E-state index contributed by atoms with van der Waals surface area (Å²) in [4.78, 5) is 28.6. The highest BCUT2D eigenvalue weighted by molar-refractivity contribution is 6.31. The number of hydrogen-bond acceptors (Lipinski definition) is 4. The zero-order valence-corrected chi connectivity index (χ0v) is 17.6. The number of Topliss-reactive ketones (excluding diaryl/α,β-unsaturated/α-hetero) is 1. The Morgan fingerprint density at radius 2 is 1.65 bits per heavy atom. The van der Waals surface area contributed by atoms with E-state index in [1.807, 2.05) is 49.4 Å². The van der Waals surface area contributed by atoms with Crippen LogP contribution in [0.3, 0.4) is 0 Å². The smallest absolute Gasteiger partial charge is 0.342 e. The van der Waals surface area contributed by atoms with E-state index in [4.69, 9.17) is 21.1 Å². The predicted octanol–water partition coefficient (Wildman–Crippen LogP) is 5.75. The van der Waals surface area contributed by atoms with Crippen molar-refractivity contribution in [3.8, 4) is 5.75 Å². The lowest BCUT2D eigenvalue weighted by Crippen LogP contribution is -2.15. The van der Waals surface area contributed by atoms with Crippen molar-refractivity contribution in [1.82, 2.24) is 4.98 Å². The zero-order chi connectivity index (χ0) is 21.8. The van der Waals surface area contributed by atoms with Gasteiger partial charge in [-0.25, -0.2) is 4.79 Å². The number of ketones is 1. The van der Waals surface area contributed by atoms with Gasteiger partial charge in [0.2, 0.25) is 5.78 Å². The number of hydrogen-bond donors (Lipinski definition) is 1. The summed E-state index contributed by atoms with van der Waals surface area (Å²) in [7, 11) is 0. The summed E-state index contributed by atoms with van der Waals surface area (Å²) in [6.07, 6.45) is 0. The van der Waals surface area contributed by atoms with Crippen LogP contribution in [0.15, 0.2) is 72.8 Å². The number of H-pyrrole nitrogens is 1. The Morgan fingerprint density at radius 3 is 2.48 bits per heavy atom. The first-order valence-electron chi connectivity index (χ1n) is 9.77. The molecule has 0 bridgehead atoms. The molecule has 0 saturated heterocycles. The second-order valence-corrected chi connectivity index (χ2v) is 7.45. The molecule has 0 radical (unpaired) electrons. The van der Waals surface area contributed by atoms with Crippen molar-refractivity contribution in [3.63, 3.8) is 0 Å². The van der Waals surface area contributed by atoms with E-state index in [2.05, 4.69) is 4.98 Å². The maximum Gasteiger partial charge on any atom is 0.342 e. The molecule has 0 aliphatic rings. The molecule has 4 aromatic rings. The van der Waals surface area contributed by atoms with Crippen molar-refractivity contribution < 1.29 is 19.1 Å². The number of aromatic nitrogens is 1. The van der Waals surface area contributed by atoms with Gasteiger partial charge in [-0.3, -0.25) is 4.79 Å². The van der Waals surface area contributed by atoms with Crippen LogP contribution in [0.2, 0.25) is 5.02 Å². The van der Waals surface area contributed by atoms with E-state index in [0.717, 1.165) is 22.2 Å². The molecule has 0 amide bonds. The molecule has 6 heteroatoms. The number of aromatic amines is 1. The molecule has 1 aromatic heterocycles. The molecule has 156 valence electrons. The number of esters is 1. The van der Waals surface area contributed by atoms with Crippen molar-refractivity contribution in [2.45, 2.75) is 13.5 Å². The van der Waals surface area contributed by atoms with Gasteiger partial charge in [-0.05, 0) is 31.2 Å². The average Bonchev–Trinajstić information content (AvgIpc) is 3.12. The minimum Gasteiger partial charge on any atom is -0.488 e. The number of carbonyl (C=O) groups excluding carboxylic acids is 2. The molecule has 0 aliphatic heterocycles. The molecule has 0 spiro atoms. The van der Waals surface area contributed by atoms with Crippen LogP contribution in [0.25, 0.3) is 10.9 Å². The Bertz CT molecular complexity index is 1260. The molecule has 3 aromatic carbocycles. The van der Waals surface area contributed by atoms with Gasteiger partial charge in [0.1, 0.15) is 17.9 Å². The summed E-state index contributed by atoms with van der Waals surface area (Å²) >= 11 is 6.17. The lowest BCUT2D eigenvalue weighted by atomic mass is 10.1. The second-order valence-electron chi connectivity index (χ2n) is 7.05. The molecule has 0 saturated carbocycles. The quantitative estimate of drug-likeness (QED) is 0.297. The van der Waals surface area contributed by atoms with Gasteiger partial charge in [0.15, 0.2) is 6.61 Å². The molecule has 1 N–H and O–H groups in total. The van der Waals surface area contributed by atoms with E-state index >= 15 is 0 Å². The van der Waals surface area contributed by atoms with Crippen LogP contribution in [0, 0.1) is 6.92 Å². The molecule has 0 aliphatic carbocycles. The normalized spacial score (nSPS) is 10.8. The van der Waals surface area contributed by atoms with Crippen LogP contribution in [0.5, 0.6) is 5.75 Å². The van der Waals surface area contributed by atoms with E-state index in [0.29, 0.717) is 16.3 Å². The highest BCUT2D eigenvalue weighted by atomic mass is 35.5. The molecule has 0 fully saturated rings. The van der Waals surface area contributed by atoms with Gasteiger partial charge in [-0.1, -0.05) is 60.1 Å². The van der Waals surface area contributed by atoms with E-state index in [1.165, 1.54) is 0 Å². The maximum atomic E-state index is 12.8. The van der Waals surface area contributed by atoms with Gasteiger partial charge in [0.25, 0.3) is 0 Å². The number of benzene rings is 3. The Balaban J connectivity index is 1.46. The molecule has 0 unspecified atom stereocenters. The SMILES string of the molecule is Cc1[nH]c2ccccc2c1C(=O)COC(=O)c1ccccc1OCc1ccccc1Cl. The molecule has 0 atom stereocenters. The number of aryl methyl sites for hydroxylation is 1. The fraction of sp³-hybridized carbons (Fsp3) is 0.120. The lowest BCUT2D eigenvalue weighted by molar-refractivity contribution is 0.0470. The van der Waals surface area contributed by atoms with Crippen LogP contribution in [-0.4, -0.2) is 23.3 Å². The Labute approximate surface area is 184 Å². The van der Waals surface area contributed by atoms with Gasteiger partial charge in [0.05, 0.1) is 0 Å². The highest BCUT2D eigenvalue weighted by Crippen LogP contribution is 2.24. The van der Waals surface area contributed by atoms with Gasteiger partial charge in [0, 0.05) is 32.7 Å². The van der Waals surface area contributed by atoms with Crippen LogP contribution in [-0.2, 0) is 11.3 Å². The molecule has 31 heavy (non-hydrogen) atoms. The topological polar surface area (TPSA) is 68.4 Å². The van der Waals surface area contributed by atoms with Crippen molar-refractivity contribution in [3.05, 3.63) is 100 Å². The van der Waals surface area contributed by atoms with Crippen LogP contribution >= 0.6 is 11.6 Å². The molecule has 4 rings (SSSR count). The van der Waals surface area contributed by atoms with E-state index < -0.39 is 5.97 Å². The van der Waals surface area contributed by atoms with Crippen LogP contribution < -0.4 is 4.74 Å². The van der Waals surface area contributed by atoms with E-state index in [-0.39, 0.29) is 24.6 Å². The molecule has 1 heterocycles. The van der Waals surface area contributed by atoms with Gasteiger partial charge in [-0.2, -0.15) is 0 Å². The van der Waals surface area contributed by atoms with Gasteiger partial charge < -0.3 is 14.5 Å². The van der Waals surface area contributed by atoms with Crippen molar-refractivity contribution >= 4 is 34.3 Å². The molecule has 5 nitrogen and oxygen atoms in total. The van der Waals surface area contributed by atoms with Gasteiger partial charge in [-0.15, -0.1) is 0 Å². The van der Waals surface area contributed by atoms with E-state index in [1.54, 1.807) is 30.3 Å². The third-order valence-corrected chi connectivity index (χ3v) is 5.32. The summed E-state index contributed by atoms with van der Waals surface area (Å²) in [5, 5.41) is 1.40. The summed E-state index contributed by atoms with van der Waals surface area (Å²) < 4.78 is 11.1. The number of para-hydroxylation sites is 2. The fourth-order valence-corrected chi connectivity index (χ4v) is 3.64. The van der Waals surface area contributed by atoms with Crippen molar-refractivity contribution in [2.24, 2.45) is 0 Å². The fourth-order valence-electron chi connectivity index (χ4n) is 3.45. The van der Waals surface area contributed by atoms with Crippen molar-refractivity contribution in [2.75, 3.05) is 6.61 Å². The summed E-state index contributed by atoms with van der Waals surface area (Å²) in [5.74, 6) is -0.526. The number of rotatable bonds is 7. The third kappa shape index (κ3) is 4.47. The largest absolute Gasteiger partial charge is 0.488 e. The number of ether oxygens (including phenoxy) is 2. The number of fused-ring (bicyclic) bond motifs is 1. The Morgan fingerprint density at radius 1 is 0.935 bits per heavy atom. The summed E-state index contributed by atoms with van der Waals surface area (Å²) in [6, 6.07) is 21.6. The second kappa shape index (κ2) is 9.06. The monoisotopic (exact) mass is 433 g/mol. The molecular weight excluding hydrogens is 414 g/mol. The van der Waals surface area contributed by atoms with E-state index in [9.17, 15) is 9.59 Å². The number of carbonyl (C=O) groups is 2. The first kappa shape index (κ1) is 20.7. The lowest BCUT2D eigenvalue weighted by Gasteiger charge is -2.12. The Kier molecular flexibility index (Phi) is 6.05. The maximum absolute atomic E-state index is 12.8. The number of halogens is 1. The highest BCUT2D eigenvalue weighted by Gasteiger charge is 2.20.